The van der Waals surface area contributed by atoms with E-state index in [1.165, 1.54) is 115 Å². The van der Waals surface area contributed by atoms with Crippen LogP contribution in [0.5, 0.6) is 0 Å². The molecule has 2 heterocycles. The summed E-state index contributed by atoms with van der Waals surface area (Å²) in [6.07, 6.45) is 0. The summed E-state index contributed by atoms with van der Waals surface area (Å²) in [5, 5.41) is 10.7. The number of aromatic nitrogens is 2. The molecule has 0 N–H and O–H groups in total. The minimum Gasteiger partial charge on any atom is -0.344 e. The van der Waals surface area contributed by atoms with Gasteiger partial charge >= 0.3 is 0 Å². The maximum absolute atomic E-state index is 2.26. The molecular formula is C73H74N2. The standard InChI is InChI=1S/C15H12.2C13H11N.C9H12.2C8H10.C7H8/c1-11-10-12-6-2-3-8-14(12)15-9-5-4-7-13(11)15;2*1-14-12-8-4-2-6-10(12)11-7-3-5-9-13(11)14;1-7-5-4-6-8(2)9(7)3;1-7-4-3-5-8(2)6-7;1-7-5-3-4-6-8(7)2;1-7-5-3-2-4-6-7/h2-10H,1H3;2*2-9H,1H3;4-6H,1-3H3;2*3-6H,1-2H3;2-6H,1H3. The van der Waals surface area contributed by atoms with Crippen LogP contribution in [0.2, 0.25) is 0 Å². The minimum absolute atomic E-state index is 1.30. The van der Waals surface area contributed by atoms with Gasteiger partial charge in [-0.15, -0.1) is 0 Å². The van der Waals surface area contributed by atoms with Gasteiger partial charge in [0.1, 0.15) is 0 Å². The number of fused-ring (bicyclic) bond motifs is 9. The summed E-state index contributed by atoms with van der Waals surface area (Å²) < 4.78 is 4.48. The molecule has 2 nitrogen and oxygen atoms in total. The van der Waals surface area contributed by atoms with Crippen LogP contribution < -0.4 is 0 Å². The van der Waals surface area contributed by atoms with Crippen LogP contribution in [-0.4, -0.2) is 9.13 Å². The summed E-state index contributed by atoms with van der Waals surface area (Å²) in [6, 6.07) is 86.9. The molecule has 11 aromatic carbocycles. The highest BCUT2D eigenvalue weighted by Crippen LogP contribution is 2.30. The molecule has 0 bridgehead atoms. The van der Waals surface area contributed by atoms with Crippen molar-refractivity contribution in [1.82, 2.24) is 9.13 Å². The summed E-state index contributed by atoms with van der Waals surface area (Å²) in [7, 11) is 4.23. The van der Waals surface area contributed by atoms with Crippen LogP contribution in [0, 0.1) is 62.3 Å². The smallest absolute Gasteiger partial charge is 0.0488 e. The van der Waals surface area contributed by atoms with E-state index in [1.807, 2.05) is 18.2 Å². The fourth-order valence-corrected chi connectivity index (χ4v) is 9.38. The Labute approximate surface area is 447 Å². The van der Waals surface area contributed by atoms with Crippen LogP contribution in [0.3, 0.4) is 0 Å². The summed E-state index contributed by atoms with van der Waals surface area (Å²) in [4.78, 5) is 0. The van der Waals surface area contributed by atoms with Gasteiger partial charge in [-0.3, -0.25) is 0 Å². The van der Waals surface area contributed by atoms with E-state index >= 15 is 0 Å². The predicted molar refractivity (Wildman–Crippen MR) is 331 cm³/mol. The Hall–Kier alpha value is -8.46. The van der Waals surface area contributed by atoms with Gasteiger partial charge in [0, 0.05) is 57.7 Å². The van der Waals surface area contributed by atoms with Crippen LogP contribution in [0.15, 0.2) is 249 Å². The van der Waals surface area contributed by atoms with Crippen molar-refractivity contribution in [3.8, 4) is 0 Å². The Bertz CT molecular complexity index is 3630. The number of rotatable bonds is 0. The quantitative estimate of drug-likeness (QED) is 0.134. The van der Waals surface area contributed by atoms with Gasteiger partial charge in [0.05, 0.1) is 0 Å². The fourth-order valence-electron chi connectivity index (χ4n) is 9.38. The van der Waals surface area contributed by atoms with E-state index in [2.05, 4.69) is 316 Å². The maximum atomic E-state index is 2.26. The molecule has 0 saturated heterocycles. The molecular weight excluding hydrogens is 905 g/mol. The maximum Gasteiger partial charge on any atom is 0.0488 e. The van der Waals surface area contributed by atoms with Crippen molar-refractivity contribution >= 4 is 65.2 Å². The molecule has 13 aromatic rings. The molecule has 0 atom stereocenters. The lowest BCUT2D eigenvalue weighted by Crippen LogP contribution is -1.84. The molecule has 13 rings (SSSR count). The topological polar surface area (TPSA) is 9.86 Å². The Kier molecular flexibility index (Phi) is 19.2. The van der Waals surface area contributed by atoms with Gasteiger partial charge in [-0.25, -0.2) is 0 Å². The molecule has 0 amide bonds. The lowest BCUT2D eigenvalue weighted by Gasteiger charge is -2.06. The Morgan fingerprint density at radius 1 is 0.213 bits per heavy atom. The third-order valence-electron chi connectivity index (χ3n) is 14.0. The van der Waals surface area contributed by atoms with Crippen LogP contribution in [0.1, 0.15) is 50.1 Å². The monoisotopic (exact) mass is 979 g/mol. The van der Waals surface area contributed by atoms with Crippen molar-refractivity contribution in [3.63, 3.8) is 0 Å². The average molecular weight is 979 g/mol. The van der Waals surface area contributed by atoms with E-state index in [-0.39, 0.29) is 0 Å². The van der Waals surface area contributed by atoms with Crippen molar-refractivity contribution in [2.75, 3.05) is 0 Å². The van der Waals surface area contributed by atoms with Crippen molar-refractivity contribution in [3.05, 3.63) is 299 Å². The van der Waals surface area contributed by atoms with E-state index in [9.17, 15) is 0 Å². The lowest BCUT2D eigenvalue weighted by molar-refractivity contribution is 1.01. The first kappa shape index (κ1) is 54.3. The van der Waals surface area contributed by atoms with Crippen LogP contribution in [0.25, 0.3) is 65.2 Å². The lowest BCUT2D eigenvalue weighted by atomic mass is 9.98. The van der Waals surface area contributed by atoms with E-state index < -0.39 is 0 Å². The summed E-state index contributed by atoms with van der Waals surface area (Å²) in [5.41, 5.74) is 17.5. The van der Waals surface area contributed by atoms with Crippen LogP contribution in [0.4, 0.5) is 0 Å². The van der Waals surface area contributed by atoms with Crippen molar-refractivity contribution in [2.45, 2.75) is 62.3 Å². The zero-order chi connectivity index (χ0) is 53.3. The van der Waals surface area contributed by atoms with Crippen LogP contribution in [-0.2, 0) is 14.1 Å². The molecule has 75 heavy (non-hydrogen) atoms. The first-order valence-electron chi connectivity index (χ1n) is 26.1. The van der Waals surface area contributed by atoms with E-state index in [0.717, 1.165) is 0 Å². The molecule has 2 heteroatoms. The Balaban J connectivity index is 0.000000130. The molecule has 0 fully saturated rings. The zero-order valence-corrected chi connectivity index (χ0v) is 46.1. The highest BCUT2D eigenvalue weighted by atomic mass is 14.9. The molecule has 0 unspecified atom stereocenters. The molecule has 2 aromatic heterocycles. The number of hydrogen-bond donors (Lipinski definition) is 0. The second-order valence-corrected chi connectivity index (χ2v) is 19.6. The number of nitrogens with zero attached hydrogens (tertiary/aromatic N) is 2. The first-order valence-corrected chi connectivity index (χ1v) is 26.1. The second kappa shape index (κ2) is 26.5. The predicted octanol–water partition coefficient (Wildman–Crippen LogP) is 20.2. The first-order chi connectivity index (χ1) is 36.3. The van der Waals surface area contributed by atoms with Gasteiger partial charge < -0.3 is 9.13 Å². The molecule has 0 aliphatic heterocycles. The van der Waals surface area contributed by atoms with E-state index in [0.29, 0.717) is 0 Å². The zero-order valence-electron chi connectivity index (χ0n) is 46.1. The molecule has 0 spiro atoms. The highest BCUT2D eigenvalue weighted by Gasteiger charge is 2.07. The third-order valence-corrected chi connectivity index (χ3v) is 14.0. The molecule has 376 valence electrons. The van der Waals surface area contributed by atoms with Crippen molar-refractivity contribution < 1.29 is 0 Å². The van der Waals surface area contributed by atoms with Crippen molar-refractivity contribution in [2.24, 2.45) is 14.1 Å². The van der Waals surface area contributed by atoms with Crippen molar-refractivity contribution in [1.29, 1.82) is 0 Å². The summed E-state index contributed by atoms with van der Waals surface area (Å²) >= 11 is 0. The molecule has 0 saturated carbocycles. The summed E-state index contributed by atoms with van der Waals surface area (Å²) in [6.45, 7) is 19.1. The second-order valence-electron chi connectivity index (χ2n) is 19.6. The largest absolute Gasteiger partial charge is 0.344 e. The minimum atomic E-state index is 1.30. The van der Waals surface area contributed by atoms with E-state index in [1.54, 1.807) is 0 Å². The Morgan fingerprint density at radius 3 is 0.880 bits per heavy atom. The highest BCUT2D eigenvalue weighted by molar-refractivity contribution is 6.10. The number of aryl methyl sites for hydroxylation is 10. The summed E-state index contributed by atoms with van der Waals surface area (Å²) in [5.74, 6) is 0. The molecule has 0 aliphatic carbocycles. The number of hydrogen-bond acceptors (Lipinski definition) is 0. The third kappa shape index (κ3) is 14.2. The van der Waals surface area contributed by atoms with Gasteiger partial charge in [-0.2, -0.15) is 0 Å². The molecule has 0 aliphatic rings. The Morgan fingerprint density at radius 2 is 0.520 bits per heavy atom. The van der Waals surface area contributed by atoms with Gasteiger partial charge in [-0.1, -0.05) is 241 Å². The number of benzene rings is 11. The number of para-hydroxylation sites is 4. The van der Waals surface area contributed by atoms with Gasteiger partial charge in [0.15, 0.2) is 0 Å². The normalized spacial score (nSPS) is 10.3. The average Bonchev–Trinajstić information content (AvgIpc) is 3.90. The SMILES string of the molecule is Cc1cc2ccccc2c2ccccc12.Cc1cccc(C)c1.Cc1cccc(C)c1C.Cc1ccccc1.Cc1ccccc1C.Cn1c2ccccc2c2ccccc21.Cn1c2ccccc2c2ccccc21. The van der Waals surface area contributed by atoms with Gasteiger partial charge in [0.25, 0.3) is 0 Å². The van der Waals surface area contributed by atoms with E-state index in [4.69, 9.17) is 0 Å². The fraction of sp³-hybridized carbons (Fsp3) is 0.151. The molecule has 0 radical (unpaired) electrons. The van der Waals surface area contributed by atoms with Gasteiger partial charge in [-0.05, 0) is 142 Å². The van der Waals surface area contributed by atoms with Crippen LogP contribution >= 0.6 is 0 Å². The van der Waals surface area contributed by atoms with Gasteiger partial charge in [0.2, 0.25) is 0 Å².